The van der Waals surface area contributed by atoms with Crippen LogP contribution in [0.3, 0.4) is 0 Å². The van der Waals surface area contributed by atoms with Crippen LogP contribution >= 0.6 is 11.6 Å². The maximum absolute atomic E-state index is 12.9. The Kier molecular flexibility index (Phi) is 6.33. The van der Waals surface area contributed by atoms with Gasteiger partial charge in [-0.1, -0.05) is 36.9 Å². The van der Waals surface area contributed by atoms with E-state index in [0.29, 0.717) is 17.0 Å². The summed E-state index contributed by atoms with van der Waals surface area (Å²) >= 11 is 6.21. The first-order chi connectivity index (χ1) is 15.3. The van der Waals surface area contributed by atoms with Crippen LogP contribution in [0.25, 0.3) is 0 Å². The lowest BCUT2D eigenvalue weighted by atomic mass is 9.94. The van der Waals surface area contributed by atoms with E-state index in [2.05, 4.69) is 5.32 Å². The highest BCUT2D eigenvalue weighted by Crippen LogP contribution is 2.32. The monoisotopic (exact) mass is 452 g/mol. The van der Waals surface area contributed by atoms with Gasteiger partial charge in [0, 0.05) is 11.7 Å². The fourth-order valence-corrected chi connectivity index (χ4v) is 4.29. The summed E-state index contributed by atoms with van der Waals surface area (Å²) in [6.07, 6.45) is 4.75. The molecule has 7 heteroatoms. The number of aryl methyl sites for hydroxylation is 2. The number of carbonyl (C=O) groups is 3. The number of benzene rings is 2. The van der Waals surface area contributed by atoms with Crippen LogP contribution in [-0.4, -0.2) is 28.7 Å². The number of hydrogen-bond donors (Lipinski definition) is 1. The molecule has 32 heavy (non-hydrogen) atoms. The molecule has 0 unspecified atom stereocenters. The van der Waals surface area contributed by atoms with Crippen molar-refractivity contribution in [1.82, 2.24) is 4.90 Å². The first kappa shape index (κ1) is 22.1. The van der Waals surface area contributed by atoms with E-state index in [1.165, 1.54) is 4.90 Å². The number of nitrogens with one attached hydrogen (secondary N) is 1. The summed E-state index contributed by atoms with van der Waals surface area (Å²) in [5.41, 5.74) is 3.15. The van der Waals surface area contributed by atoms with Gasteiger partial charge in [0.2, 0.25) is 0 Å². The summed E-state index contributed by atoms with van der Waals surface area (Å²) in [7, 11) is 0. The first-order valence-corrected chi connectivity index (χ1v) is 11.2. The van der Waals surface area contributed by atoms with Gasteiger partial charge in [0.05, 0.1) is 5.56 Å². The molecule has 1 heterocycles. The van der Waals surface area contributed by atoms with Gasteiger partial charge in [0.15, 0.2) is 0 Å². The molecule has 1 saturated carbocycles. The van der Waals surface area contributed by atoms with E-state index in [1.54, 1.807) is 30.3 Å². The molecule has 0 bridgehead atoms. The number of ether oxygens (including phenoxy) is 1. The van der Waals surface area contributed by atoms with Crippen molar-refractivity contribution in [3.8, 4) is 5.75 Å². The highest BCUT2D eigenvalue weighted by atomic mass is 35.5. The van der Waals surface area contributed by atoms with Gasteiger partial charge in [-0.05, 0) is 74.2 Å². The van der Waals surface area contributed by atoms with E-state index >= 15 is 0 Å². The van der Waals surface area contributed by atoms with Crippen LogP contribution < -0.4 is 10.1 Å². The minimum absolute atomic E-state index is 0.0766. The molecule has 2 aliphatic rings. The molecule has 2 amide bonds. The molecule has 1 aliphatic carbocycles. The lowest BCUT2D eigenvalue weighted by Gasteiger charge is -2.29. The minimum atomic E-state index is -0.479. The second-order valence-electron chi connectivity index (χ2n) is 8.30. The predicted molar refractivity (Wildman–Crippen MR) is 123 cm³/mol. The van der Waals surface area contributed by atoms with Gasteiger partial charge in [-0.3, -0.25) is 14.5 Å². The summed E-state index contributed by atoms with van der Waals surface area (Å²) in [5, 5.41) is 2.85. The van der Waals surface area contributed by atoms with Gasteiger partial charge in [-0.2, -0.15) is 0 Å². The Morgan fingerprint density at radius 2 is 1.66 bits per heavy atom. The van der Waals surface area contributed by atoms with Crippen LogP contribution in [0.15, 0.2) is 53.2 Å². The maximum atomic E-state index is 12.9. The van der Waals surface area contributed by atoms with Crippen LogP contribution in [0.4, 0.5) is 5.69 Å². The maximum Gasteiger partial charge on any atom is 0.343 e. The normalized spacial score (nSPS) is 17.2. The fraction of sp³-hybridized carbons (Fsp3) is 0.320. The summed E-state index contributed by atoms with van der Waals surface area (Å²) in [6, 6.07) is 11.9. The number of rotatable bonds is 5. The van der Waals surface area contributed by atoms with Gasteiger partial charge in [-0.15, -0.1) is 0 Å². The third-order valence-corrected chi connectivity index (χ3v) is 6.43. The van der Waals surface area contributed by atoms with Gasteiger partial charge in [0.1, 0.15) is 16.5 Å². The Morgan fingerprint density at radius 1 is 0.969 bits per heavy atom. The summed E-state index contributed by atoms with van der Waals surface area (Å²) in [5.74, 6) is -0.840. The molecular formula is C25H25ClN2O4. The number of anilines is 1. The molecule has 6 nitrogen and oxygen atoms in total. The van der Waals surface area contributed by atoms with Crippen molar-refractivity contribution in [2.75, 3.05) is 5.32 Å². The van der Waals surface area contributed by atoms with E-state index < -0.39 is 17.8 Å². The average molecular weight is 453 g/mol. The standard InChI is InChI=1S/C25H25ClN2O4/c1-15-8-13-20(14-16(15)2)32-25(31)17-9-11-18(12-10-17)27-22-21(26)23(29)28(24(22)30)19-6-4-3-5-7-19/h8-14,19,27H,3-7H2,1-2H3. The molecule has 0 aromatic heterocycles. The van der Waals surface area contributed by atoms with Gasteiger partial charge in [0.25, 0.3) is 11.8 Å². The quantitative estimate of drug-likeness (QED) is 0.388. The summed E-state index contributed by atoms with van der Waals surface area (Å²) < 4.78 is 5.44. The molecule has 1 aliphatic heterocycles. The van der Waals surface area contributed by atoms with E-state index in [9.17, 15) is 14.4 Å². The topological polar surface area (TPSA) is 75.7 Å². The second-order valence-corrected chi connectivity index (χ2v) is 8.68. The van der Waals surface area contributed by atoms with E-state index in [4.69, 9.17) is 16.3 Å². The molecule has 0 atom stereocenters. The van der Waals surface area contributed by atoms with E-state index in [-0.39, 0.29) is 16.8 Å². The number of nitrogens with zero attached hydrogens (tertiary/aromatic N) is 1. The molecular weight excluding hydrogens is 428 g/mol. The summed E-state index contributed by atoms with van der Waals surface area (Å²) in [4.78, 5) is 39.2. The molecule has 166 valence electrons. The molecule has 1 fully saturated rings. The molecule has 0 radical (unpaired) electrons. The molecule has 2 aromatic rings. The number of esters is 1. The van der Waals surface area contributed by atoms with Crippen molar-refractivity contribution in [2.24, 2.45) is 0 Å². The minimum Gasteiger partial charge on any atom is -0.423 e. The van der Waals surface area contributed by atoms with Gasteiger partial charge >= 0.3 is 5.97 Å². The zero-order valence-corrected chi connectivity index (χ0v) is 18.9. The lowest BCUT2D eigenvalue weighted by molar-refractivity contribution is -0.140. The second kappa shape index (κ2) is 9.17. The number of carbonyl (C=O) groups excluding carboxylic acids is 3. The van der Waals surface area contributed by atoms with Crippen LogP contribution in [0, 0.1) is 13.8 Å². The third kappa shape index (κ3) is 4.41. The van der Waals surface area contributed by atoms with Gasteiger partial charge in [-0.25, -0.2) is 4.79 Å². The molecule has 0 spiro atoms. The zero-order chi connectivity index (χ0) is 22.8. The largest absolute Gasteiger partial charge is 0.423 e. The smallest absolute Gasteiger partial charge is 0.343 e. The van der Waals surface area contributed by atoms with Crippen molar-refractivity contribution in [3.05, 3.63) is 69.9 Å². The number of amides is 2. The lowest BCUT2D eigenvalue weighted by Crippen LogP contribution is -2.42. The summed E-state index contributed by atoms with van der Waals surface area (Å²) in [6.45, 7) is 3.95. The highest BCUT2D eigenvalue weighted by molar-refractivity contribution is 6.48. The molecule has 1 N–H and O–H groups in total. The van der Waals surface area contributed by atoms with Crippen LogP contribution in [0.1, 0.15) is 53.6 Å². The number of halogens is 1. The Bertz CT molecular complexity index is 1100. The third-order valence-electron chi connectivity index (χ3n) is 6.08. The van der Waals surface area contributed by atoms with Gasteiger partial charge < -0.3 is 10.1 Å². The van der Waals surface area contributed by atoms with Crippen molar-refractivity contribution in [2.45, 2.75) is 52.0 Å². The van der Waals surface area contributed by atoms with Crippen LogP contribution in [-0.2, 0) is 9.59 Å². The van der Waals surface area contributed by atoms with Crippen molar-refractivity contribution >= 4 is 35.1 Å². The molecule has 2 aromatic carbocycles. The first-order valence-electron chi connectivity index (χ1n) is 10.8. The Morgan fingerprint density at radius 3 is 2.31 bits per heavy atom. The average Bonchev–Trinajstić information content (AvgIpc) is 3.00. The highest BCUT2D eigenvalue weighted by Gasteiger charge is 2.42. The fourth-order valence-electron chi connectivity index (χ4n) is 4.08. The zero-order valence-electron chi connectivity index (χ0n) is 18.1. The van der Waals surface area contributed by atoms with Crippen LogP contribution in [0.5, 0.6) is 5.75 Å². The van der Waals surface area contributed by atoms with Crippen molar-refractivity contribution < 1.29 is 19.1 Å². The van der Waals surface area contributed by atoms with Crippen LogP contribution in [0.2, 0.25) is 0 Å². The Labute approximate surface area is 192 Å². The van der Waals surface area contributed by atoms with E-state index in [1.807, 2.05) is 26.0 Å². The Hall–Kier alpha value is -3.12. The number of imide groups is 1. The SMILES string of the molecule is Cc1ccc(OC(=O)c2ccc(NC3=C(Cl)C(=O)N(C4CCCCC4)C3=O)cc2)cc1C. The molecule has 4 rings (SSSR count). The van der Waals surface area contributed by atoms with Crippen molar-refractivity contribution in [1.29, 1.82) is 0 Å². The Balaban J connectivity index is 1.44. The van der Waals surface area contributed by atoms with E-state index in [0.717, 1.165) is 43.2 Å². The number of hydrogen-bond acceptors (Lipinski definition) is 5. The van der Waals surface area contributed by atoms with Crippen molar-refractivity contribution in [3.63, 3.8) is 0 Å². The molecule has 0 saturated heterocycles. The predicted octanol–water partition coefficient (Wildman–Crippen LogP) is 5.09.